The fraction of sp³-hybridized carbons (Fsp3) is 0.455. The Morgan fingerprint density at radius 1 is 1.21 bits per heavy atom. The van der Waals surface area contributed by atoms with E-state index in [1.807, 2.05) is 0 Å². The summed E-state index contributed by atoms with van der Waals surface area (Å²) in [6, 6.07) is 1.51. The number of nitrogens with zero attached hydrogens (tertiary/aromatic N) is 4. The molecule has 102 valence electrons. The quantitative estimate of drug-likeness (QED) is 0.625. The molecule has 0 fully saturated rings. The minimum Gasteiger partial charge on any atom is -0.383 e. The highest BCUT2D eigenvalue weighted by Crippen LogP contribution is 2.20. The van der Waals surface area contributed by atoms with Gasteiger partial charge in [0.1, 0.15) is 11.6 Å². The van der Waals surface area contributed by atoms with Crippen LogP contribution in [0.3, 0.4) is 0 Å². The molecule has 0 amide bonds. The Balaban J connectivity index is 1.96. The van der Waals surface area contributed by atoms with E-state index in [1.54, 1.807) is 0 Å². The van der Waals surface area contributed by atoms with E-state index in [1.165, 1.54) is 17.8 Å². The van der Waals surface area contributed by atoms with Crippen LogP contribution in [-0.2, 0) is 12.2 Å². The zero-order chi connectivity index (χ0) is 13.8. The molecule has 0 aliphatic heterocycles. The van der Waals surface area contributed by atoms with Crippen molar-refractivity contribution in [1.82, 2.24) is 20.1 Å². The number of hydrogen-bond donors (Lipinski definition) is 2. The Morgan fingerprint density at radius 2 is 1.89 bits per heavy atom. The lowest BCUT2D eigenvalue weighted by Crippen LogP contribution is -1.99. The highest BCUT2D eigenvalue weighted by Gasteiger charge is 2.10. The molecule has 0 atom stereocenters. The second kappa shape index (κ2) is 5.87. The maximum atomic E-state index is 5.59. The number of hydrogen-bond acceptors (Lipinski definition) is 8. The van der Waals surface area contributed by atoms with Gasteiger partial charge in [0.15, 0.2) is 11.0 Å². The number of nitrogens with two attached hydrogens (primary N) is 2. The zero-order valence-electron chi connectivity index (χ0n) is 10.8. The number of aromatic nitrogens is 4. The molecule has 2 rings (SSSR count). The topological polar surface area (TPSA) is 117 Å². The highest BCUT2D eigenvalue weighted by molar-refractivity contribution is 7.98. The molecule has 0 radical (unpaired) electrons. The number of anilines is 2. The first-order chi connectivity index (χ1) is 9.02. The van der Waals surface area contributed by atoms with Crippen molar-refractivity contribution in [2.24, 2.45) is 5.92 Å². The van der Waals surface area contributed by atoms with Crippen LogP contribution in [0.25, 0.3) is 0 Å². The van der Waals surface area contributed by atoms with Crippen molar-refractivity contribution in [3.63, 3.8) is 0 Å². The number of thioether (sulfide) groups is 1. The van der Waals surface area contributed by atoms with Gasteiger partial charge in [0, 0.05) is 12.5 Å². The first-order valence-electron chi connectivity index (χ1n) is 5.87. The van der Waals surface area contributed by atoms with Gasteiger partial charge in [-0.2, -0.15) is 4.98 Å². The van der Waals surface area contributed by atoms with E-state index >= 15 is 0 Å². The SMILES string of the molecule is CC(C)Cc1nc(CSc2nc(N)cc(N)n2)no1. The number of rotatable bonds is 5. The summed E-state index contributed by atoms with van der Waals surface area (Å²) >= 11 is 1.37. The third-order valence-electron chi connectivity index (χ3n) is 2.17. The van der Waals surface area contributed by atoms with E-state index in [0.717, 1.165) is 6.42 Å². The lowest BCUT2D eigenvalue weighted by atomic mass is 10.1. The fourth-order valence-corrected chi connectivity index (χ4v) is 2.15. The minimum atomic E-state index is 0.351. The van der Waals surface area contributed by atoms with Crippen LogP contribution in [-0.4, -0.2) is 20.1 Å². The van der Waals surface area contributed by atoms with Crippen LogP contribution in [0.2, 0.25) is 0 Å². The van der Waals surface area contributed by atoms with E-state index in [9.17, 15) is 0 Å². The summed E-state index contributed by atoms with van der Waals surface area (Å²) in [5, 5.41) is 4.41. The molecule has 0 saturated carbocycles. The predicted molar refractivity (Wildman–Crippen MR) is 73.3 cm³/mol. The molecule has 2 aromatic heterocycles. The summed E-state index contributed by atoms with van der Waals surface area (Å²) in [6.07, 6.45) is 0.777. The monoisotopic (exact) mass is 280 g/mol. The summed E-state index contributed by atoms with van der Waals surface area (Å²) in [5.41, 5.74) is 11.2. The van der Waals surface area contributed by atoms with Crippen LogP contribution < -0.4 is 11.5 Å². The van der Waals surface area contributed by atoms with E-state index in [4.69, 9.17) is 16.0 Å². The van der Waals surface area contributed by atoms with Gasteiger partial charge in [-0.25, -0.2) is 9.97 Å². The Kier molecular flexibility index (Phi) is 4.20. The van der Waals surface area contributed by atoms with E-state index in [-0.39, 0.29) is 0 Å². The Morgan fingerprint density at radius 3 is 2.53 bits per heavy atom. The van der Waals surface area contributed by atoms with Gasteiger partial charge < -0.3 is 16.0 Å². The van der Waals surface area contributed by atoms with Gasteiger partial charge in [-0.1, -0.05) is 30.8 Å². The summed E-state index contributed by atoms with van der Waals surface area (Å²) in [7, 11) is 0. The van der Waals surface area contributed by atoms with E-state index in [0.29, 0.717) is 40.2 Å². The smallest absolute Gasteiger partial charge is 0.226 e. The Labute approximate surface area is 115 Å². The maximum absolute atomic E-state index is 5.59. The minimum absolute atomic E-state index is 0.351. The molecule has 8 heteroatoms. The largest absolute Gasteiger partial charge is 0.383 e. The summed E-state index contributed by atoms with van der Waals surface area (Å²) < 4.78 is 5.15. The second-order valence-electron chi connectivity index (χ2n) is 4.49. The highest BCUT2D eigenvalue weighted by atomic mass is 32.2. The van der Waals surface area contributed by atoms with Gasteiger partial charge in [-0.3, -0.25) is 0 Å². The third kappa shape index (κ3) is 4.09. The van der Waals surface area contributed by atoms with Crippen LogP contribution in [0.15, 0.2) is 15.7 Å². The van der Waals surface area contributed by atoms with E-state index in [2.05, 4.69) is 34.0 Å². The van der Waals surface area contributed by atoms with Crippen molar-refractivity contribution in [1.29, 1.82) is 0 Å². The first-order valence-corrected chi connectivity index (χ1v) is 6.86. The summed E-state index contributed by atoms with van der Waals surface area (Å²) in [4.78, 5) is 12.4. The molecule has 19 heavy (non-hydrogen) atoms. The van der Waals surface area contributed by atoms with Crippen LogP contribution >= 0.6 is 11.8 Å². The van der Waals surface area contributed by atoms with Gasteiger partial charge in [0.05, 0.1) is 5.75 Å². The molecular weight excluding hydrogens is 264 g/mol. The van der Waals surface area contributed by atoms with Gasteiger partial charge >= 0.3 is 0 Å². The van der Waals surface area contributed by atoms with E-state index < -0.39 is 0 Å². The van der Waals surface area contributed by atoms with Crippen LogP contribution in [0.4, 0.5) is 11.6 Å². The average molecular weight is 280 g/mol. The van der Waals surface area contributed by atoms with Crippen molar-refractivity contribution in [2.75, 3.05) is 11.5 Å². The van der Waals surface area contributed by atoms with Crippen LogP contribution in [0.1, 0.15) is 25.6 Å². The first kappa shape index (κ1) is 13.6. The predicted octanol–water partition coefficient (Wildman–Crippen LogP) is 1.51. The third-order valence-corrected chi connectivity index (χ3v) is 3.01. The van der Waals surface area contributed by atoms with Gasteiger partial charge in [0.25, 0.3) is 0 Å². The normalized spacial score (nSPS) is 11.1. The average Bonchev–Trinajstić information content (AvgIpc) is 2.72. The molecular formula is C11H16N6OS. The van der Waals surface area contributed by atoms with Crippen molar-refractivity contribution in [3.8, 4) is 0 Å². The molecule has 0 aliphatic carbocycles. The molecule has 0 aliphatic rings. The van der Waals surface area contributed by atoms with Gasteiger partial charge in [0.2, 0.25) is 5.89 Å². The molecule has 4 N–H and O–H groups in total. The van der Waals surface area contributed by atoms with Gasteiger partial charge in [-0.05, 0) is 5.92 Å². The molecule has 0 spiro atoms. The van der Waals surface area contributed by atoms with Gasteiger partial charge in [-0.15, -0.1) is 0 Å². The molecule has 0 aromatic carbocycles. The molecule has 0 unspecified atom stereocenters. The number of nitrogen functional groups attached to an aromatic ring is 2. The van der Waals surface area contributed by atoms with Crippen molar-refractivity contribution < 1.29 is 4.52 Å². The Hall–Kier alpha value is -1.83. The summed E-state index contributed by atoms with van der Waals surface area (Å²) in [6.45, 7) is 4.20. The molecule has 0 bridgehead atoms. The lowest BCUT2D eigenvalue weighted by Gasteiger charge is -2.00. The van der Waals surface area contributed by atoms with Crippen LogP contribution in [0, 0.1) is 5.92 Å². The summed E-state index contributed by atoms with van der Waals surface area (Å²) in [5.74, 6) is 2.97. The Bertz CT molecular complexity index is 536. The zero-order valence-corrected chi connectivity index (χ0v) is 11.6. The van der Waals surface area contributed by atoms with Crippen molar-refractivity contribution >= 4 is 23.4 Å². The lowest BCUT2D eigenvalue weighted by molar-refractivity contribution is 0.360. The molecule has 2 heterocycles. The van der Waals surface area contributed by atoms with Crippen molar-refractivity contribution in [2.45, 2.75) is 31.2 Å². The fourth-order valence-electron chi connectivity index (χ4n) is 1.44. The molecule has 2 aromatic rings. The maximum Gasteiger partial charge on any atom is 0.226 e. The second-order valence-corrected chi connectivity index (χ2v) is 5.43. The van der Waals surface area contributed by atoms with Crippen molar-refractivity contribution in [3.05, 3.63) is 17.8 Å². The molecule has 0 saturated heterocycles. The standard InChI is InChI=1S/C11H16N6OS/c1-6(2)3-10-16-9(17-18-10)5-19-11-14-7(12)4-8(13)15-11/h4,6H,3,5H2,1-2H3,(H4,12,13,14,15). The molecule has 7 nitrogen and oxygen atoms in total. The van der Waals surface area contributed by atoms with Crippen LogP contribution in [0.5, 0.6) is 0 Å².